The molecule has 0 saturated heterocycles. The van der Waals surface area contributed by atoms with Crippen LogP contribution in [0.2, 0.25) is 5.02 Å². The molecule has 1 N–H and O–H groups in total. The monoisotopic (exact) mass is 338 g/mol. The van der Waals surface area contributed by atoms with Crippen LogP contribution in [0, 0.1) is 5.41 Å². The van der Waals surface area contributed by atoms with Crippen LogP contribution in [-0.4, -0.2) is 10.7 Å². The van der Waals surface area contributed by atoms with Crippen molar-refractivity contribution < 1.29 is 0 Å². The van der Waals surface area contributed by atoms with E-state index in [4.69, 9.17) is 17.0 Å². The van der Waals surface area contributed by atoms with Gasteiger partial charge in [-0.2, -0.15) is 0 Å². The molecule has 0 radical (unpaired) electrons. The molecule has 1 aromatic carbocycles. The molecule has 0 saturated carbocycles. The maximum absolute atomic E-state index is 8.31. The molecule has 23 heavy (non-hydrogen) atoms. The molecule has 3 aromatic rings. The highest BCUT2D eigenvalue weighted by atomic mass is 35.5. The number of hydrogen-bond donors (Lipinski definition) is 1. The van der Waals surface area contributed by atoms with E-state index in [0.717, 1.165) is 28.5 Å². The Hall–Kier alpha value is -1.97. The van der Waals surface area contributed by atoms with Crippen LogP contribution in [0.25, 0.3) is 10.4 Å². The summed E-state index contributed by atoms with van der Waals surface area (Å²) in [5.74, 6) is 0.350. The first kappa shape index (κ1) is 14.6. The molecule has 2 aromatic heterocycles. The van der Waals surface area contributed by atoms with E-state index in [1.54, 1.807) is 11.3 Å². The molecule has 1 atom stereocenters. The number of rotatable bonds is 2. The topological polar surface area (TPSA) is 36.7 Å². The molecule has 0 bridgehead atoms. The van der Waals surface area contributed by atoms with E-state index >= 15 is 0 Å². The number of nitrogens with zero attached hydrogens (tertiary/aromatic N) is 1. The third kappa shape index (κ3) is 2.71. The lowest BCUT2D eigenvalue weighted by Gasteiger charge is -2.23. The SMILES string of the molecule is N=C1CCC(c2ccc(Cl)cc2)c2cc(-c3ccncc3)sc21. The van der Waals surface area contributed by atoms with E-state index in [1.165, 1.54) is 21.6 Å². The molecule has 0 aliphatic heterocycles. The summed E-state index contributed by atoms with van der Waals surface area (Å²) in [6, 6.07) is 14.4. The number of benzene rings is 1. The molecule has 1 aliphatic rings. The second-order valence-electron chi connectivity index (χ2n) is 5.75. The summed E-state index contributed by atoms with van der Waals surface area (Å²) in [6.45, 7) is 0. The maximum Gasteiger partial charge on any atom is 0.0523 e. The zero-order valence-electron chi connectivity index (χ0n) is 12.4. The molecule has 1 unspecified atom stereocenters. The standard InChI is InChI=1S/C19H15ClN2S/c20-14-3-1-12(2-4-14)15-5-6-17(21)19-16(15)11-18(23-19)13-7-9-22-10-8-13/h1-4,7-11,15,21H,5-6H2. The van der Waals surface area contributed by atoms with Crippen molar-refractivity contribution in [3.05, 3.63) is 75.9 Å². The summed E-state index contributed by atoms with van der Waals surface area (Å²) in [5, 5.41) is 9.07. The van der Waals surface area contributed by atoms with E-state index < -0.39 is 0 Å². The fourth-order valence-electron chi connectivity index (χ4n) is 3.16. The minimum Gasteiger partial charge on any atom is -0.304 e. The largest absolute Gasteiger partial charge is 0.304 e. The van der Waals surface area contributed by atoms with E-state index in [0.29, 0.717) is 5.92 Å². The molecule has 0 spiro atoms. The molecule has 4 heteroatoms. The second kappa shape index (κ2) is 5.91. The summed E-state index contributed by atoms with van der Waals surface area (Å²) in [4.78, 5) is 6.43. The van der Waals surface area contributed by atoms with Crippen molar-refractivity contribution in [2.45, 2.75) is 18.8 Å². The number of aromatic nitrogens is 1. The normalized spacial score (nSPS) is 17.1. The van der Waals surface area contributed by atoms with Crippen molar-refractivity contribution in [2.75, 3.05) is 0 Å². The van der Waals surface area contributed by atoms with Gasteiger partial charge in [0.25, 0.3) is 0 Å². The summed E-state index contributed by atoms with van der Waals surface area (Å²) in [6.07, 6.45) is 5.45. The predicted octanol–water partition coefficient (Wildman–Crippen LogP) is 5.76. The average Bonchev–Trinajstić information content (AvgIpc) is 3.03. The van der Waals surface area contributed by atoms with Gasteiger partial charge in [0.1, 0.15) is 0 Å². The Labute approximate surface area is 144 Å². The summed E-state index contributed by atoms with van der Waals surface area (Å²) >= 11 is 7.74. The lowest BCUT2D eigenvalue weighted by molar-refractivity contribution is 0.726. The lowest BCUT2D eigenvalue weighted by atomic mass is 9.82. The molecular weight excluding hydrogens is 324 g/mol. The van der Waals surface area contributed by atoms with Crippen LogP contribution in [0.4, 0.5) is 0 Å². The molecule has 2 nitrogen and oxygen atoms in total. The van der Waals surface area contributed by atoms with Crippen molar-refractivity contribution in [1.29, 1.82) is 5.41 Å². The fraction of sp³-hybridized carbons (Fsp3) is 0.158. The van der Waals surface area contributed by atoms with Gasteiger partial charge >= 0.3 is 0 Å². The number of thiophene rings is 1. The molecule has 4 rings (SSSR count). The Morgan fingerprint density at radius 1 is 1.09 bits per heavy atom. The molecular formula is C19H15ClN2S. The number of halogens is 1. The van der Waals surface area contributed by atoms with Crippen LogP contribution < -0.4 is 0 Å². The van der Waals surface area contributed by atoms with Gasteiger partial charge < -0.3 is 5.41 Å². The van der Waals surface area contributed by atoms with Gasteiger partial charge in [-0.3, -0.25) is 4.98 Å². The van der Waals surface area contributed by atoms with E-state index in [1.807, 2.05) is 36.7 Å². The Kier molecular flexibility index (Phi) is 3.76. The van der Waals surface area contributed by atoms with Crippen LogP contribution in [-0.2, 0) is 0 Å². The van der Waals surface area contributed by atoms with E-state index in [-0.39, 0.29) is 0 Å². The van der Waals surface area contributed by atoms with Gasteiger partial charge in [-0.15, -0.1) is 11.3 Å². The van der Waals surface area contributed by atoms with Crippen LogP contribution in [0.15, 0.2) is 54.9 Å². The Balaban J connectivity index is 1.80. The highest BCUT2D eigenvalue weighted by molar-refractivity contribution is 7.17. The van der Waals surface area contributed by atoms with Gasteiger partial charge in [-0.25, -0.2) is 0 Å². The molecule has 114 valence electrons. The molecule has 2 heterocycles. The quantitative estimate of drug-likeness (QED) is 0.634. The first-order valence-electron chi connectivity index (χ1n) is 7.60. The zero-order valence-corrected chi connectivity index (χ0v) is 14.0. The number of pyridine rings is 1. The van der Waals surface area contributed by atoms with Crippen molar-refractivity contribution in [2.24, 2.45) is 0 Å². The minimum atomic E-state index is 0.350. The van der Waals surface area contributed by atoms with Crippen LogP contribution in [0.1, 0.15) is 34.8 Å². The van der Waals surface area contributed by atoms with Crippen LogP contribution >= 0.6 is 22.9 Å². The Morgan fingerprint density at radius 3 is 2.57 bits per heavy atom. The third-order valence-corrected chi connectivity index (χ3v) is 5.84. The average molecular weight is 339 g/mol. The molecule has 0 amide bonds. The van der Waals surface area contributed by atoms with Gasteiger partial charge in [-0.1, -0.05) is 23.7 Å². The second-order valence-corrected chi connectivity index (χ2v) is 7.24. The van der Waals surface area contributed by atoms with E-state index in [9.17, 15) is 0 Å². The number of hydrogen-bond acceptors (Lipinski definition) is 3. The van der Waals surface area contributed by atoms with Gasteiger partial charge in [-0.05, 0) is 59.9 Å². The van der Waals surface area contributed by atoms with Crippen molar-refractivity contribution in [3.63, 3.8) is 0 Å². The predicted molar refractivity (Wildman–Crippen MR) is 96.9 cm³/mol. The Bertz CT molecular complexity index is 853. The number of nitrogens with one attached hydrogen (secondary N) is 1. The van der Waals surface area contributed by atoms with Gasteiger partial charge in [0.2, 0.25) is 0 Å². The summed E-state index contributed by atoms with van der Waals surface area (Å²) < 4.78 is 0. The first-order chi connectivity index (χ1) is 11.2. The van der Waals surface area contributed by atoms with Gasteiger partial charge in [0, 0.05) is 33.9 Å². The van der Waals surface area contributed by atoms with Gasteiger partial charge in [0.05, 0.1) is 4.88 Å². The molecule has 0 fully saturated rings. The van der Waals surface area contributed by atoms with Crippen molar-refractivity contribution >= 4 is 28.6 Å². The minimum absolute atomic E-state index is 0.350. The highest BCUT2D eigenvalue weighted by Crippen LogP contribution is 2.43. The summed E-state index contributed by atoms with van der Waals surface area (Å²) in [5.41, 5.74) is 4.49. The highest BCUT2D eigenvalue weighted by Gasteiger charge is 2.27. The van der Waals surface area contributed by atoms with Gasteiger partial charge in [0.15, 0.2) is 0 Å². The maximum atomic E-state index is 8.31. The van der Waals surface area contributed by atoms with Crippen molar-refractivity contribution in [3.8, 4) is 10.4 Å². The lowest BCUT2D eigenvalue weighted by Crippen LogP contribution is -2.13. The summed E-state index contributed by atoms with van der Waals surface area (Å²) in [7, 11) is 0. The van der Waals surface area contributed by atoms with E-state index in [2.05, 4.69) is 23.2 Å². The Morgan fingerprint density at radius 2 is 1.83 bits per heavy atom. The third-order valence-electron chi connectivity index (χ3n) is 4.33. The van der Waals surface area contributed by atoms with Crippen molar-refractivity contribution in [1.82, 2.24) is 4.98 Å². The van der Waals surface area contributed by atoms with Crippen LogP contribution in [0.3, 0.4) is 0 Å². The number of fused-ring (bicyclic) bond motifs is 1. The van der Waals surface area contributed by atoms with Crippen LogP contribution in [0.5, 0.6) is 0 Å². The molecule has 1 aliphatic carbocycles. The smallest absolute Gasteiger partial charge is 0.0523 e. The fourth-order valence-corrected chi connectivity index (χ4v) is 4.49. The zero-order chi connectivity index (χ0) is 15.8. The first-order valence-corrected chi connectivity index (χ1v) is 8.79.